The van der Waals surface area contributed by atoms with Crippen LogP contribution in [-0.2, 0) is 11.2 Å². The van der Waals surface area contributed by atoms with E-state index in [0.29, 0.717) is 43.4 Å². The third kappa shape index (κ3) is 3.40. The number of amides is 2. The molecule has 0 radical (unpaired) electrons. The Morgan fingerprint density at radius 1 is 1.22 bits per heavy atom. The second-order valence-electron chi connectivity index (χ2n) is 5.62. The number of nitrogens with zero attached hydrogens (tertiary/aromatic N) is 2. The number of fused-ring (bicyclic) bond motifs is 1. The van der Waals surface area contributed by atoms with Crippen molar-refractivity contribution in [1.82, 2.24) is 9.80 Å². The fourth-order valence-electron chi connectivity index (χ4n) is 2.91. The highest BCUT2D eigenvalue weighted by atomic mass is 79.9. The molecule has 2 heterocycles. The summed E-state index contributed by atoms with van der Waals surface area (Å²) in [7, 11) is 0. The lowest BCUT2D eigenvalue weighted by atomic mass is 10.0. The van der Waals surface area contributed by atoms with Gasteiger partial charge in [0.15, 0.2) is 6.10 Å². The van der Waals surface area contributed by atoms with E-state index < -0.39 is 12.2 Å². The lowest BCUT2D eigenvalue weighted by Gasteiger charge is -2.36. The van der Waals surface area contributed by atoms with Gasteiger partial charge in [-0.15, -0.1) is 0 Å². The average Bonchev–Trinajstić information content (AvgIpc) is 2.54. The maximum Gasteiger partial charge on any atom is 0.407 e. The van der Waals surface area contributed by atoms with Crippen molar-refractivity contribution in [1.29, 1.82) is 0 Å². The van der Waals surface area contributed by atoms with Crippen LogP contribution in [0.15, 0.2) is 16.6 Å². The summed E-state index contributed by atoms with van der Waals surface area (Å²) in [5.41, 5.74) is 0.990. The highest BCUT2D eigenvalue weighted by molar-refractivity contribution is 9.10. The smallest absolute Gasteiger partial charge is 0.407 e. The quantitative estimate of drug-likeness (QED) is 0.782. The number of ether oxygens (including phenoxy) is 1. The van der Waals surface area contributed by atoms with Crippen molar-refractivity contribution in [2.75, 3.05) is 26.2 Å². The number of carbonyl (C=O) groups excluding carboxylic acids is 1. The number of piperazine rings is 1. The second kappa shape index (κ2) is 6.57. The zero-order valence-corrected chi connectivity index (χ0v) is 14.6. The molecule has 0 unspecified atom stereocenters. The van der Waals surface area contributed by atoms with Crippen molar-refractivity contribution < 1.29 is 19.4 Å². The molecule has 1 atom stereocenters. The van der Waals surface area contributed by atoms with Crippen LogP contribution in [0.5, 0.6) is 5.75 Å². The van der Waals surface area contributed by atoms with Gasteiger partial charge in [-0.25, -0.2) is 4.79 Å². The van der Waals surface area contributed by atoms with Gasteiger partial charge in [-0.2, -0.15) is 0 Å². The third-order valence-electron chi connectivity index (χ3n) is 4.16. The van der Waals surface area contributed by atoms with Crippen LogP contribution >= 0.6 is 27.5 Å². The normalized spacial score (nSPS) is 20.7. The van der Waals surface area contributed by atoms with Crippen LogP contribution in [-0.4, -0.2) is 59.2 Å². The van der Waals surface area contributed by atoms with Crippen molar-refractivity contribution in [3.63, 3.8) is 0 Å². The van der Waals surface area contributed by atoms with Crippen molar-refractivity contribution >= 4 is 39.5 Å². The molecule has 8 heteroatoms. The van der Waals surface area contributed by atoms with E-state index in [-0.39, 0.29) is 5.91 Å². The van der Waals surface area contributed by atoms with Gasteiger partial charge in [-0.05, 0) is 46.5 Å². The number of halogens is 2. The minimum absolute atomic E-state index is 0.0810. The Labute approximate surface area is 147 Å². The van der Waals surface area contributed by atoms with Gasteiger partial charge in [0.2, 0.25) is 0 Å². The van der Waals surface area contributed by atoms with E-state index in [9.17, 15) is 9.59 Å². The molecule has 0 bridgehead atoms. The first-order valence-corrected chi connectivity index (χ1v) is 8.54. The zero-order valence-electron chi connectivity index (χ0n) is 12.3. The Bertz CT molecular complexity index is 647. The first-order chi connectivity index (χ1) is 11.0. The van der Waals surface area contributed by atoms with Gasteiger partial charge in [0.05, 0.1) is 4.47 Å². The fraction of sp³-hybridized carbons (Fsp3) is 0.467. The van der Waals surface area contributed by atoms with Crippen LogP contribution in [0.25, 0.3) is 0 Å². The molecule has 124 valence electrons. The van der Waals surface area contributed by atoms with Crippen LogP contribution < -0.4 is 4.74 Å². The van der Waals surface area contributed by atoms with Gasteiger partial charge in [-0.3, -0.25) is 4.79 Å². The number of benzene rings is 1. The van der Waals surface area contributed by atoms with E-state index in [1.165, 1.54) is 4.90 Å². The first kappa shape index (κ1) is 16.4. The molecule has 0 aromatic heterocycles. The van der Waals surface area contributed by atoms with E-state index in [1.54, 1.807) is 11.0 Å². The summed E-state index contributed by atoms with van der Waals surface area (Å²) in [6, 6.07) is 3.60. The predicted octanol–water partition coefficient (Wildman–Crippen LogP) is 2.62. The Morgan fingerprint density at radius 3 is 2.52 bits per heavy atom. The molecule has 0 aliphatic carbocycles. The van der Waals surface area contributed by atoms with Crippen LogP contribution in [0.3, 0.4) is 0 Å². The van der Waals surface area contributed by atoms with Crippen LogP contribution in [0.2, 0.25) is 5.02 Å². The topological polar surface area (TPSA) is 70.1 Å². The maximum absolute atomic E-state index is 12.6. The molecule has 3 rings (SSSR count). The number of aryl methyl sites for hydroxylation is 1. The molecule has 1 aromatic carbocycles. The number of hydrogen-bond acceptors (Lipinski definition) is 3. The average molecular weight is 404 g/mol. The van der Waals surface area contributed by atoms with E-state index in [4.69, 9.17) is 21.4 Å². The van der Waals surface area contributed by atoms with Gasteiger partial charge in [0.25, 0.3) is 5.91 Å². The lowest BCUT2D eigenvalue weighted by Crippen LogP contribution is -2.53. The highest BCUT2D eigenvalue weighted by Gasteiger charge is 2.33. The van der Waals surface area contributed by atoms with Crippen LogP contribution in [0, 0.1) is 0 Å². The van der Waals surface area contributed by atoms with Crippen molar-refractivity contribution in [2.24, 2.45) is 0 Å². The molecule has 1 fully saturated rings. The van der Waals surface area contributed by atoms with E-state index in [0.717, 1.165) is 16.5 Å². The highest BCUT2D eigenvalue weighted by Crippen LogP contribution is 2.37. The molecule has 2 amide bonds. The van der Waals surface area contributed by atoms with E-state index >= 15 is 0 Å². The first-order valence-electron chi connectivity index (χ1n) is 7.37. The van der Waals surface area contributed by atoms with Crippen molar-refractivity contribution in [2.45, 2.75) is 18.9 Å². The zero-order chi connectivity index (χ0) is 16.6. The molecule has 23 heavy (non-hydrogen) atoms. The molecule has 2 aliphatic rings. The van der Waals surface area contributed by atoms with Gasteiger partial charge in [-0.1, -0.05) is 11.6 Å². The molecule has 1 N–H and O–H groups in total. The third-order valence-corrected chi connectivity index (χ3v) is 4.97. The summed E-state index contributed by atoms with van der Waals surface area (Å²) < 4.78 is 6.62. The Balaban J connectivity index is 1.67. The molecule has 1 aromatic rings. The SMILES string of the molecule is O=C(O)N1CCN(C(=O)[C@H]2CCc3cc(Cl)cc(Br)c3O2)CC1. The predicted molar refractivity (Wildman–Crippen MR) is 88.1 cm³/mol. The summed E-state index contributed by atoms with van der Waals surface area (Å²) in [5.74, 6) is 0.589. The number of rotatable bonds is 1. The Morgan fingerprint density at radius 2 is 1.87 bits per heavy atom. The fourth-order valence-corrected chi connectivity index (χ4v) is 3.88. The second-order valence-corrected chi connectivity index (χ2v) is 6.91. The van der Waals surface area contributed by atoms with Crippen LogP contribution in [0.1, 0.15) is 12.0 Å². The number of hydrogen-bond donors (Lipinski definition) is 1. The molecule has 0 spiro atoms. The van der Waals surface area contributed by atoms with Gasteiger partial charge in [0, 0.05) is 31.2 Å². The van der Waals surface area contributed by atoms with Gasteiger partial charge >= 0.3 is 6.09 Å². The van der Waals surface area contributed by atoms with Gasteiger partial charge < -0.3 is 19.6 Å². The Kier molecular flexibility index (Phi) is 4.68. The summed E-state index contributed by atoms with van der Waals surface area (Å²) in [5, 5.41) is 9.59. The van der Waals surface area contributed by atoms with Crippen molar-refractivity contribution in [3.05, 3.63) is 27.2 Å². The number of carboxylic acid groups (broad SMARTS) is 1. The van der Waals surface area contributed by atoms with E-state index in [2.05, 4.69) is 15.9 Å². The standard InChI is InChI=1S/C15H16BrClN2O4/c16-11-8-10(17)7-9-1-2-12(23-13(9)11)14(20)18-3-5-19(6-4-18)15(21)22/h7-8,12H,1-6H2,(H,21,22)/t12-/m1/s1. The molecular formula is C15H16BrClN2O4. The summed E-state index contributed by atoms with van der Waals surface area (Å²) >= 11 is 9.45. The maximum atomic E-state index is 12.6. The molecule has 0 saturated carbocycles. The summed E-state index contributed by atoms with van der Waals surface area (Å²) in [4.78, 5) is 26.5. The summed E-state index contributed by atoms with van der Waals surface area (Å²) in [6.07, 6.45) is -0.158. The molecule has 6 nitrogen and oxygen atoms in total. The minimum Gasteiger partial charge on any atom is -0.479 e. The number of carbonyl (C=O) groups is 2. The molecule has 2 aliphatic heterocycles. The molecular weight excluding hydrogens is 388 g/mol. The van der Waals surface area contributed by atoms with Crippen molar-refractivity contribution in [3.8, 4) is 5.75 Å². The lowest BCUT2D eigenvalue weighted by molar-refractivity contribution is -0.141. The monoisotopic (exact) mass is 402 g/mol. The van der Waals surface area contributed by atoms with Gasteiger partial charge in [0.1, 0.15) is 5.75 Å². The van der Waals surface area contributed by atoms with E-state index in [1.807, 2.05) is 6.07 Å². The minimum atomic E-state index is -0.944. The Hall–Kier alpha value is -1.47. The molecule has 1 saturated heterocycles. The largest absolute Gasteiger partial charge is 0.479 e. The summed E-state index contributed by atoms with van der Waals surface area (Å²) in [6.45, 7) is 1.48. The van der Waals surface area contributed by atoms with Crippen LogP contribution in [0.4, 0.5) is 4.79 Å².